The molecule has 0 spiro atoms. The van der Waals surface area contributed by atoms with Gasteiger partial charge in [0.2, 0.25) is 11.8 Å². The van der Waals surface area contributed by atoms with E-state index in [2.05, 4.69) is 45.9 Å². The number of nitrogens with one attached hydrogen (secondary N) is 2. The minimum absolute atomic E-state index is 0.0950. The highest BCUT2D eigenvalue weighted by atomic mass is 32.2. The first-order valence-electron chi connectivity index (χ1n) is 13.2. The second-order valence-electron chi connectivity index (χ2n) is 9.95. The lowest BCUT2D eigenvalue weighted by molar-refractivity contribution is -0.120. The summed E-state index contributed by atoms with van der Waals surface area (Å²) in [5, 5.41) is 16.5. The Kier molecular flexibility index (Phi) is 8.79. The number of thiophene rings is 1. The Bertz CT molecular complexity index is 1330. The molecule has 1 saturated carbocycles. The van der Waals surface area contributed by atoms with Crippen molar-refractivity contribution in [2.45, 2.75) is 56.5 Å². The van der Waals surface area contributed by atoms with Crippen LogP contribution >= 0.6 is 23.1 Å². The molecule has 5 rings (SSSR count). The molecule has 2 aliphatic rings. The Morgan fingerprint density at radius 3 is 2.66 bits per heavy atom. The largest absolute Gasteiger partial charge is 0.326 e. The topological polar surface area (TPSA) is 85.2 Å². The van der Waals surface area contributed by atoms with Gasteiger partial charge in [0.1, 0.15) is 11.1 Å². The Morgan fingerprint density at radius 2 is 1.87 bits per heavy atom. The number of fused-ring (bicyclic) bond motifs is 1. The van der Waals surface area contributed by atoms with Gasteiger partial charge in [0.25, 0.3) is 0 Å². The number of amides is 2. The fourth-order valence-electron chi connectivity index (χ4n) is 5.22. The normalized spacial score (nSPS) is 15.9. The quantitative estimate of drug-likeness (QED) is 0.319. The van der Waals surface area contributed by atoms with Crippen molar-refractivity contribution in [1.82, 2.24) is 4.90 Å². The number of hydrogen-bond donors (Lipinski definition) is 2. The van der Waals surface area contributed by atoms with E-state index in [0.717, 1.165) is 72.8 Å². The van der Waals surface area contributed by atoms with E-state index in [4.69, 9.17) is 0 Å². The average Bonchev–Trinajstić information content (AvgIpc) is 3.29. The first-order chi connectivity index (χ1) is 18.6. The number of anilines is 2. The summed E-state index contributed by atoms with van der Waals surface area (Å²) in [7, 11) is 0. The van der Waals surface area contributed by atoms with E-state index in [1.807, 2.05) is 30.3 Å². The summed E-state index contributed by atoms with van der Waals surface area (Å²) in [6.45, 7) is 2.55. The molecule has 0 saturated heterocycles. The van der Waals surface area contributed by atoms with Gasteiger partial charge < -0.3 is 10.6 Å². The van der Waals surface area contributed by atoms with Crippen molar-refractivity contribution in [1.29, 1.82) is 5.26 Å². The first-order valence-corrected chi connectivity index (χ1v) is 15.0. The van der Waals surface area contributed by atoms with Gasteiger partial charge in [-0.25, -0.2) is 0 Å². The van der Waals surface area contributed by atoms with Crippen molar-refractivity contribution in [3.05, 3.63) is 76.2 Å². The summed E-state index contributed by atoms with van der Waals surface area (Å²) in [6.07, 6.45) is 6.19. The molecule has 2 heterocycles. The summed E-state index contributed by atoms with van der Waals surface area (Å²) in [5.41, 5.74) is 3.72. The lowest BCUT2D eigenvalue weighted by Gasteiger charge is -2.26. The Labute approximate surface area is 232 Å². The molecule has 196 valence electrons. The van der Waals surface area contributed by atoms with E-state index >= 15 is 0 Å². The Balaban J connectivity index is 1.16. The molecule has 38 heavy (non-hydrogen) atoms. The molecular weight excluding hydrogens is 512 g/mol. The van der Waals surface area contributed by atoms with Crippen LogP contribution in [0.5, 0.6) is 0 Å². The van der Waals surface area contributed by atoms with E-state index in [9.17, 15) is 14.9 Å². The minimum atomic E-state index is -0.136. The molecule has 0 unspecified atom stereocenters. The minimum Gasteiger partial charge on any atom is -0.326 e. The third-order valence-corrected chi connectivity index (χ3v) is 9.32. The van der Waals surface area contributed by atoms with Crippen LogP contribution in [0.15, 0.2) is 59.5 Å². The third kappa shape index (κ3) is 6.65. The molecule has 8 heteroatoms. The summed E-state index contributed by atoms with van der Waals surface area (Å²) in [5.74, 6) is 0.288. The summed E-state index contributed by atoms with van der Waals surface area (Å²) in [6, 6.07) is 20.4. The lowest BCUT2D eigenvalue weighted by Crippen LogP contribution is -2.29. The van der Waals surface area contributed by atoms with E-state index < -0.39 is 0 Å². The van der Waals surface area contributed by atoms with Gasteiger partial charge in [-0.2, -0.15) is 5.26 Å². The summed E-state index contributed by atoms with van der Waals surface area (Å²) < 4.78 is 0. The molecule has 2 N–H and O–H groups in total. The van der Waals surface area contributed by atoms with Gasteiger partial charge in [0.15, 0.2) is 0 Å². The maximum Gasteiger partial charge on any atom is 0.235 e. The predicted molar refractivity (Wildman–Crippen MR) is 154 cm³/mol. The molecule has 1 fully saturated rings. The molecule has 1 aromatic heterocycles. The number of nitrogens with zero attached hydrogens (tertiary/aromatic N) is 2. The molecule has 1 aliphatic heterocycles. The molecule has 2 aromatic carbocycles. The standard InChI is InChI=1S/C30H32N4O2S2/c31-17-26-25-14-15-34(18-21-8-3-1-4-9-21)19-27(25)38-30(26)33-28(35)20-37-24-13-7-12-23(16-24)32-29(36)22-10-5-2-6-11-22/h1,3-4,7-9,12-13,16,22H,2,5-6,10-11,14-15,18-20H2,(H,32,36)(H,33,35). The average molecular weight is 545 g/mol. The molecule has 0 atom stereocenters. The van der Waals surface area contributed by atoms with E-state index in [0.29, 0.717) is 10.6 Å². The van der Waals surface area contributed by atoms with Crippen LogP contribution in [0.25, 0.3) is 0 Å². The second-order valence-corrected chi connectivity index (χ2v) is 12.1. The van der Waals surface area contributed by atoms with Crippen LogP contribution in [0.3, 0.4) is 0 Å². The molecule has 0 bridgehead atoms. The van der Waals surface area contributed by atoms with Gasteiger partial charge >= 0.3 is 0 Å². The van der Waals surface area contributed by atoms with Crippen LogP contribution in [0.2, 0.25) is 0 Å². The van der Waals surface area contributed by atoms with Crippen LogP contribution in [-0.2, 0) is 29.1 Å². The zero-order chi connectivity index (χ0) is 26.3. The van der Waals surface area contributed by atoms with Crippen LogP contribution < -0.4 is 10.6 Å². The number of carbonyl (C=O) groups is 2. The smallest absolute Gasteiger partial charge is 0.235 e. The molecule has 2 amide bonds. The highest BCUT2D eigenvalue weighted by Gasteiger charge is 2.25. The van der Waals surface area contributed by atoms with Gasteiger partial charge in [-0.15, -0.1) is 23.1 Å². The molecule has 6 nitrogen and oxygen atoms in total. The summed E-state index contributed by atoms with van der Waals surface area (Å²) in [4.78, 5) is 29.9. The Morgan fingerprint density at radius 1 is 1.05 bits per heavy atom. The van der Waals surface area contributed by atoms with Gasteiger partial charge in [-0.1, -0.05) is 55.7 Å². The van der Waals surface area contributed by atoms with Crippen molar-refractivity contribution < 1.29 is 9.59 Å². The highest BCUT2D eigenvalue weighted by molar-refractivity contribution is 8.00. The maximum atomic E-state index is 12.8. The van der Waals surface area contributed by atoms with Gasteiger partial charge in [-0.05, 0) is 48.6 Å². The van der Waals surface area contributed by atoms with Gasteiger partial charge in [0.05, 0.1) is 11.3 Å². The fourth-order valence-corrected chi connectivity index (χ4v) is 7.24. The first kappa shape index (κ1) is 26.5. The van der Waals surface area contributed by atoms with Crippen LogP contribution in [-0.4, -0.2) is 29.0 Å². The molecule has 0 radical (unpaired) electrons. The zero-order valence-electron chi connectivity index (χ0n) is 21.4. The van der Waals surface area contributed by atoms with Crippen LogP contribution in [0.1, 0.15) is 53.7 Å². The van der Waals surface area contributed by atoms with Crippen molar-refractivity contribution in [2.75, 3.05) is 22.9 Å². The van der Waals surface area contributed by atoms with E-state index in [1.54, 1.807) is 0 Å². The third-order valence-electron chi connectivity index (χ3n) is 7.20. The molecule has 1 aliphatic carbocycles. The number of thioether (sulfide) groups is 1. The lowest BCUT2D eigenvalue weighted by atomic mass is 9.88. The van der Waals surface area contributed by atoms with Crippen LogP contribution in [0, 0.1) is 17.2 Å². The number of carbonyl (C=O) groups excluding carboxylic acids is 2. The molecule has 3 aromatic rings. The van der Waals surface area contributed by atoms with Crippen molar-refractivity contribution >= 4 is 45.6 Å². The number of hydrogen-bond acceptors (Lipinski definition) is 6. The number of nitriles is 1. The maximum absolute atomic E-state index is 12.8. The van der Waals surface area contributed by atoms with E-state index in [1.165, 1.54) is 35.1 Å². The van der Waals surface area contributed by atoms with E-state index in [-0.39, 0.29) is 23.5 Å². The molecular formula is C30H32N4O2S2. The van der Waals surface area contributed by atoms with Crippen molar-refractivity contribution in [3.63, 3.8) is 0 Å². The second kappa shape index (κ2) is 12.6. The Hall–Kier alpha value is -3.12. The van der Waals surface area contributed by atoms with Gasteiger partial charge in [0, 0.05) is 41.0 Å². The summed E-state index contributed by atoms with van der Waals surface area (Å²) >= 11 is 2.95. The highest BCUT2D eigenvalue weighted by Crippen LogP contribution is 2.37. The SMILES string of the molecule is N#Cc1c(NC(=O)CSc2cccc(NC(=O)C3CCCCC3)c2)sc2c1CCN(Cc1ccccc1)C2. The number of rotatable bonds is 8. The van der Waals surface area contributed by atoms with Gasteiger partial charge in [-0.3, -0.25) is 14.5 Å². The predicted octanol–water partition coefficient (Wildman–Crippen LogP) is 6.43. The van der Waals surface area contributed by atoms with Crippen molar-refractivity contribution in [2.24, 2.45) is 5.92 Å². The monoisotopic (exact) mass is 544 g/mol. The van der Waals surface area contributed by atoms with Crippen LogP contribution in [0.4, 0.5) is 10.7 Å². The number of benzene rings is 2. The van der Waals surface area contributed by atoms with Crippen molar-refractivity contribution in [3.8, 4) is 6.07 Å². The fraction of sp³-hybridized carbons (Fsp3) is 0.367. The zero-order valence-corrected chi connectivity index (χ0v) is 23.0.